The molecule has 2 rings (SSSR count). The molecule has 17 heavy (non-hydrogen) atoms. The topological polar surface area (TPSA) is 12.0 Å². The Balaban J connectivity index is 1.98. The molecular formula is C13H13F2NS. The molecular weight excluding hydrogens is 240 g/mol. The summed E-state index contributed by atoms with van der Waals surface area (Å²) in [5.41, 5.74) is 0.481. The highest BCUT2D eigenvalue weighted by molar-refractivity contribution is 7.10. The molecule has 1 aromatic carbocycles. The monoisotopic (exact) mass is 253 g/mol. The number of halogens is 2. The van der Waals surface area contributed by atoms with Crippen LogP contribution in [0.15, 0.2) is 35.7 Å². The Morgan fingerprint density at radius 1 is 1.29 bits per heavy atom. The molecule has 1 nitrogen and oxygen atoms in total. The molecule has 0 saturated carbocycles. The summed E-state index contributed by atoms with van der Waals surface area (Å²) in [6.45, 7) is 2.42. The van der Waals surface area contributed by atoms with Crippen LogP contribution in [0.5, 0.6) is 0 Å². The molecule has 1 heterocycles. The second-order valence-corrected chi connectivity index (χ2v) is 4.83. The van der Waals surface area contributed by atoms with E-state index >= 15 is 0 Å². The minimum Gasteiger partial charge on any atom is -0.305 e. The Hall–Kier alpha value is -1.26. The Kier molecular flexibility index (Phi) is 3.86. The van der Waals surface area contributed by atoms with Crippen molar-refractivity contribution in [2.24, 2.45) is 0 Å². The highest BCUT2D eigenvalue weighted by atomic mass is 32.1. The normalized spacial score (nSPS) is 12.6. The number of thiophene rings is 1. The van der Waals surface area contributed by atoms with Crippen LogP contribution in [-0.4, -0.2) is 0 Å². The van der Waals surface area contributed by atoms with E-state index in [0.29, 0.717) is 12.1 Å². The van der Waals surface area contributed by atoms with Crippen molar-refractivity contribution in [3.63, 3.8) is 0 Å². The predicted octanol–water partition coefficient (Wildman–Crippen LogP) is 3.88. The van der Waals surface area contributed by atoms with Crippen molar-refractivity contribution in [2.45, 2.75) is 19.5 Å². The molecule has 4 heteroatoms. The summed E-state index contributed by atoms with van der Waals surface area (Å²) in [7, 11) is 0. The molecule has 0 amide bonds. The zero-order chi connectivity index (χ0) is 12.3. The average molecular weight is 253 g/mol. The lowest BCUT2D eigenvalue weighted by Gasteiger charge is -2.12. The van der Waals surface area contributed by atoms with E-state index in [4.69, 9.17) is 0 Å². The minimum absolute atomic E-state index is 0.166. The second kappa shape index (κ2) is 5.38. The van der Waals surface area contributed by atoms with Crippen LogP contribution < -0.4 is 5.32 Å². The highest BCUT2D eigenvalue weighted by Gasteiger charge is 2.08. The molecule has 1 unspecified atom stereocenters. The van der Waals surface area contributed by atoms with E-state index in [2.05, 4.69) is 5.32 Å². The van der Waals surface area contributed by atoms with Crippen LogP contribution in [0.3, 0.4) is 0 Å². The number of nitrogens with one attached hydrogen (secondary N) is 1. The lowest BCUT2D eigenvalue weighted by Crippen LogP contribution is -2.17. The molecule has 1 N–H and O–H groups in total. The van der Waals surface area contributed by atoms with Gasteiger partial charge in [-0.3, -0.25) is 0 Å². The first-order valence-electron chi connectivity index (χ1n) is 5.37. The quantitative estimate of drug-likeness (QED) is 0.872. The standard InChI is InChI=1S/C13H13F2NS/c1-9(13-3-2-6-17-13)16-8-10-4-5-11(14)7-12(10)15/h2-7,9,16H,8H2,1H3. The molecule has 0 aliphatic carbocycles. The lowest BCUT2D eigenvalue weighted by molar-refractivity contribution is 0.537. The van der Waals surface area contributed by atoms with Gasteiger partial charge in [-0.2, -0.15) is 0 Å². The van der Waals surface area contributed by atoms with Crippen LogP contribution in [0.25, 0.3) is 0 Å². The fourth-order valence-corrected chi connectivity index (χ4v) is 2.33. The maximum atomic E-state index is 13.4. The number of benzene rings is 1. The zero-order valence-corrected chi connectivity index (χ0v) is 10.2. The van der Waals surface area contributed by atoms with Crippen molar-refractivity contribution in [1.82, 2.24) is 5.32 Å². The van der Waals surface area contributed by atoms with E-state index in [1.54, 1.807) is 11.3 Å². The molecule has 0 bridgehead atoms. The summed E-state index contributed by atoms with van der Waals surface area (Å²) in [6, 6.07) is 7.83. The predicted molar refractivity (Wildman–Crippen MR) is 65.9 cm³/mol. The maximum Gasteiger partial charge on any atom is 0.130 e. The SMILES string of the molecule is CC(NCc1ccc(F)cc1F)c1cccs1. The van der Waals surface area contributed by atoms with Gasteiger partial charge in [0.2, 0.25) is 0 Å². The first-order chi connectivity index (χ1) is 8.16. The van der Waals surface area contributed by atoms with Gasteiger partial charge in [0.1, 0.15) is 11.6 Å². The third kappa shape index (κ3) is 3.11. The van der Waals surface area contributed by atoms with Crippen LogP contribution in [-0.2, 0) is 6.54 Å². The van der Waals surface area contributed by atoms with Gasteiger partial charge in [-0.25, -0.2) is 8.78 Å². The second-order valence-electron chi connectivity index (χ2n) is 3.85. The van der Waals surface area contributed by atoms with Gasteiger partial charge < -0.3 is 5.32 Å². The summed E-state index contributed by atoms with van der Waals surface area (Å²) in [4.78, 5) is 1.20. The third-order valence-electron chi connectivity index (χ3n) is 2.58. The number of hydrogen-bond donors (Lipinski definition) is 1. The van der Waals surface area contributed by atoms with E-state index in [-0.39, 0.29) is 6.04 Å². The Labute approximate surface area is 103 Å². The molecule has 0 saturated heterocycles. The lowest BCUT2D eigenvalue weighted by atomic mass is 10.2. The summed E-state index contributed by atoms with van der Waals surface area (Å²) < 4.78 is 26.1. The Bertz CT molecular complexity index is 482. The molecule has 0 aliphatic rings. The number of rotatable bonds is 4. The van der Waals surface area contributed by atoms with Gasteiger partial charge in [0, 0.05) is 29.1 Å². The Morgan fingerprint density at radius 2 is 2.12 bits per heavy atom. The summed E-state index contributed by atoms with van der Waals surface area (Å²) in [5.74, 6) is -1.05. The maximum absolute atomic E-state index is 13.4. The molecule has 1 aromatic heterocycles. The van der Waals surface area contributed by atoms with Crippen LogP contribution in [0.4, 0.5) is 8.78 Å². The third-order valence-corrected chi connectivity index (χ3v) is 3.64. The Morgan fingerprint density at radius 3 is 2.76 bits per heavy atom. The molecule has 1 atom stereocenters. The van der Waals surface area contributed by atoms with Crippen molar-refractivity contribution >= 4 is 11.3 Å². The fourth-order valence-electron chi connectivity index (χ4n) is 1.57. The fraction of sp³-hybridized carbons (Fsp3) is 0.231. The van der Waals surface area contributed by atoms with Crippen molar-refractivity contribution in [3.8, 4) is 0 Å². The highest BCUT2D eigenvalue weighted by Crippen LogP contribution is 2.19. The molecule has 0 fully saturated rings. The van der Waals surface area contributed by atoms with E-state index in [9.17, 15) is 8.78 Å². The molecule has 0 radical (unpaired) electrons. The van der Waals surface area contributed by atoms with Gasteiger partial charge in [0.25, 0.3) is 0 Å². The van der Waals surface area contributed by atoms with E-state index in [1.165, 1.54) is 17.0 Å². The van der Waals surface area contributed by atoms with Crippen molar-refractivity contribution in [3.05, 3.63) is 57.8 Å². The smallest absolute Gasteiger partial charge is 0.130 e. The first kappa shape index (κ1) is 12.2. The van der Waals surface area contributed by atoms with Gasteiger partial charge in [0.15, 0.2) is 0 Å². The van der Waals surface area contributed by atoms with Gasteiger partial charge >= 0.3 is 0 Å². The van der Waals surface area contributed by atoms with E-state index in [0.717, 1.165) is 6.07 Å². The van der Waals surface area contributed by atoms with Gasteiger partial charge in [0.05, 0.1) is 0 Å². The van der Waals surface area contributed by atoms with Gasteiger partial charge in [-0.05, 0) is 24.4 Å². The van der Waals surface area contributed by atoms with Crippen molar-refractivity contribution < 1.29 is 8.78 Å². The summed E-state index contributed by atoms with van der Waals surface area (Å²) in [6.07, 6.45) is 0. The number of hydrogen-bond acceptors (Lipinski definition) is 2. The average Bonchev–Trinajstić information content (AvgIpc) is 2.81. The van der Waals surface area contributed by atoms with Crippen molar-refractivity contribution in [1.29, 1.82) is 0 Å². The minimum atomic E-state index is -0.544. The van der Waals surface area contributed by atoms with Crippen LogP contribution in [0.1, 0.15) is 23.4 Å². The van der Waals surface area contributed by atoms with Crippen LogP contribution >= 0.6 is 11.3 Å². The molecule has 2 aromatic rings. The zero-order valence-electron chi connectivity index (χ0n) is 9.41. The molecule has 0 spiro atoms. The van der Waals surface area contributed by atoms with Crippen LogP contribution in [0.2, 0.25) is 0 Å². The largest absolute Gasteiger partial charge is 0.305 e. The van der Waals surface area contributed by atoms with E-state index < -0.39 is 11.6 Å². The van der Waals surface area contributed by atoms with Crippen LogP contribution in [0, 0.1) is 11.6 Å². The van der Waals surface area contributed by atoms with Gasteiger partial charge in [-0.1, -0.05) is 12.1 Å². The summed E-state index contributed by atoms with van der Waals surface area (Å²) in [5, 5.41) is 5.22. The molecule has 0 aliphatic heterocycles. The molecule has 90 valence electrons. The van der Waals surface area contributed by atoms with Gasteiger partial charge in [-0.15, -0.1) is 11.3 Å². The first-order valence-corrected chi connectivity index (χ1v) is 6.25. The summed E-state index contributed by atoms with van der Waals surface area (Å²) >= 11 is 1.66. The van der Waals surface area contributed by atoms with Crippen molar-refractivity contribution in [2.75, 3.05) is 0 Å². The van der Waals surface area contributed by atoms with E-state index in [1.807, 2.05) is 24.4 Å².